The van der Waals surface area contributed by atoms with Gasteiger partial charge in [0.2, 0.25) is 5.91 Å². The number of benzene rings is 2. The molecular weight excluding hydrogens is 412 g/mol. The minimum atomic E-state index is -0.753. The third kappa shape index (κ3) is 5.47. The van der Waals surface area contributed by atoms with E-state index in [1.54, 1.807) is 0 Å². The Morgan fingerprint density at radius 2 is 1.64 bits per heavy atom. The first kappa shape index (κ1) is 23.5. The van der Waals surface area contributed by atoms with Crippen molar-refractivity contribution in [3.63, 3.8) is 0 Å². The van der Waals surface area contributed by atoms with E-state index >= 15 is 0 Å². The van der Waals surface area contributed by atoms with Crippen molar-refractivity contribution >= 4 is 11.9 Å². The zero-order valence-electron chi connectivity index (χ0n) is 20.0. The number of hydrogen-bond donors (Lipinski definition) is 1. The molecule has 0 aromatic heterocycles. The molecule has 2 aliphatic rings. The van der Waals surface area contributed by atoms with Gasteiger partial charge >= 0.3 is 5.97 Å². The molecule has 1 N–H and O–H groups in total. The average molecular weight is 449 g/mol. The number of fused-ring (bicyclic) bond motifs is 1. The molecule has 5 heteroatoms. The number of esters is 1. The Labute approximate surface area is 197 Å². The molecule has 0 aliphatic carbocycles. The lowest BCUT2D eigenvalue weighted by molar-refractivity contribution is -0.165. The fourth-order valence-corrected chi connectivity index (χ4v) is 5.27. The van der Waals surface area contributed by atoms with E-state index in [-0.39, 0.29) is 17.9 Å². The van der Waals surface area contributed by atoms with E-state index in [0.717, 1.165) is 36.8 Å². The second kappa shape index (κ2) is 9.68. The van der Waals surface area contributed by atoms with Gasteiger partial charge in [-0.1, -0.05) is 60.7 Å². The van der Waals surface area contributed by atoms with E-state index in [2.05, 4.69) is 29.6 Å². The van der Waals surface area contributed by atoms with Crippen LogP contribution < -0.4 is 5.32 Å². The van der Waals surface area contributed by atoms with Crippen LogP contribution in [0.15, 0.2) is 60.7 Å². The summed E-state index contributed by atoms with van der Waals surface area (Å²) in [5.41, 5.74) is 0.939. The number of nitrogens with one attached hydrogen (secondary N) is 1. The predicted octanol–water partition coefficient (Wildman–Crippen LogP) is 4.64. The van der Waals surface area contributed by atoms with Crippen molar-refractivity contribution in [2.24, 2.45) is 0 Å². The van der Waals surface area contributed by atoms with Crippen molar-refractivity contribution in [2.45, 2.75) is 89.1 Å². The molecule has 0 spiro atoms. The van der Waals surface area contributed by atoms with E-state index < -0.39 is 17.2 Å². The maximum Gasteiger partial charge on any atom is 0.329 e. The molecule has 0 radical (unpaired) electrons. The highest BCUT2D eigenvalue weighted by Crippen LogP contribution is 2.37. The Hall–Kier alpha value is -2.66. The highest BCUT2D eigenvalue weighted by molar-refractivity contribution is 5.92. The van der Waals surface area contributed by atoms with E-state index in [1.165, 1.54) is 0 Å². The predicted molar refractivity (Wildman–Crippen MR) is 130 cm³/mol. The monoisotopic (exact) mass is 448 g/mol. The maximum atomic E-state index is 14.3. The lowest BCUT2D eigenvalue weighted by Crippen LogP contribution is -2.61. The van der Waals surface area contributed by atoms with Crippen LogP contribution in [-0.2, 0) is 27.3 Å². The molecule has 2 heterocycles. The van der Waals surface area contributed by atoms with Crippen LogP contribution in [0.5, 0.6) is 0 Å². The summed E-state index contributed by atoms with van der Waals surface area (Å²) in [7, 11) is 0. The first-order chi connectivity index (χ1) is 15.8. The Balaban J connectivity index is 1.65. The number of carbonyl (C=O) groups is 2. The smallest absolute Gasteiger partial charge is 0.329 e. The largest absolute Gasteiger partial charge is 0.458 e. The summed E-state index contributed by atoms with van der Waals surface area (Å²) in [6, 6.07) is 20.0. The van der Waals surface area contributed by atoms with Crippen molar-refractivity contribution in [3.05, 3.63) is 71.8 Å². The van der Waals surface area contributed by atoms with Crippen LogP contribution in [0, 0.1) is 0 Å². The summed E-state index contributed by atoms with van der Waals surface area (Å²) in [6.07, 6.45) is 4.75. The molecule has 5 nitrogen and oxygen atoms in total. The zero-order valence-corrected chi connectivity index (χ0v) is 20.0. The van der Waals surface area contributed by atoms with Gasteiger partial charge in [0.05, 0.1) is 0 Å². The van der Waals surface area contributed by atoms with Gasteiger partial charge in [-0.25, -0.2) is 4.79 Å². The molecule has 4 rings (SSSR count). The third-order valence-electron chi connectivity index (χ3n) is 6.79. The Kier molecular flexibility index (Phi) is 6.89. The summed E-state index contributed by atoms with van der Waals surface area (Å²) in [5, 5.41) is 3.67. The van der Waals surface area contributed by atoms with Crippen LogP contribution in [0.3, 0.4) is 0 Å². The van der Waals surface area contributed by atoms with E-state index in [0.29, 0.717) is 19.4 Å². The number of carbonyl (C=O) groups excluding carboxylic acids is 2. The van der Waals surface area contributed by atoms with Crippen molar-refractivity contribution in [3.8, 4) is 0 Å². The van der Waals surface area contributed by atoms with E-state index in [9.17, 15) is 9.59 Å². The number of hydrogen-bond acceptors (Lipinski definition) is 4. The molecule has 2 aliphatic heterocycles. The van der Waals surface area contributed by atoms with Gasteiger partial charge in [0, 0.05) is 12.6 Å². The molecule has 2 aromatic rings. The molecule has 2 aromatic carbocycles. The first-order valence-electron chi connectivity index (χ1n) is 12.2. The van der Waals surface area contributed by atoms with Gasteiger partial charge in [-0.15, -0.1) is 0 Å². The van der Waals surface area contributed by atoms with Crippen molar-refractivity contribution in [2.75, 3.05) is 0 Å². The number of amides is 1. The molecule has 3 atom stereocenters. The summed E-state index contributed by atoms with van der Waals surface area (Å²) in [5.74, 6) is -0.241. The topological polar surface area (TPSA) is 58.6 Å². The molecule has 2 fully saturated rings. The molecule has 1 amide bonds. The maximum absolute atomic E-state index is 14.3. The lowest BCUT2D eigenvalue weighted by Gasteiger charge is -2.39. The van der Waals surface area contributed by atoms with E-state index in [1.807, 2.05) is 62.1 Å². The Bertz CT molecular complexity index is 954. The van der Waals surface area contributed by atoms with Gasteiger partial charge < -0.3 is 9.64 Å². The van der Waals surface area contributed by atoms with Crippen molar-refractivity contribution < 1.29 is 14.3 Å². The summed E-state index contributed by atoms with van der Waals surface area (Å²) in [4.78, 5) is 29.3. The third-order valence-corrected chi connectivity index (χ3v) is 6.79. The van der Waals surface area contributed by atoms with Crippen LogP contribution in [0.25, 0.3) is 0 Å². The summed E-state index contributed by atoms with van der Waals surface area (Å²) in [6.45, 7) is 6.24. The van der Waals surface area contributed by atoms with E-state index in [4.69, 9.17) is 4.74 Å². The van der Waals surface area contributed by atoms with Gasteiger partial charge in [-0.3, -0.25) is 10.1 Å². The highest BCUT2D eigenvalue weighted by atomic mass is 16.6. The molecule has 0 bridgehead atoms. The minimum absolute atomic E-state index is 0.0399. The van der Waals surface area contributed by atoms with Gasteiger partial charge in [0.15, 0.2) is 0 Å². The molecule has 0 saturated carbocycles. The summed E-state index contributed by atoms with van der Waals surface area (Å²) >= 11 is 0. The zero-order chi connectivity index (χ0) is 23.5. The standard InChI is InChI=1S/C28H36N2O3/c1-27(2,3)33-25(31)24-17-16-23-15-10-18-28(26(32)30(23)24,19-21-11-6-4-7-12-21)29-20-22-13-8-5-9-14-22/h4-9,11-14,23-24,29H,10,15-20H2,1-3H3/t23-,24+,28-/m1/s1. The van der Waals surface area contributed by atoms with Crippen molar-refractivity contribution in [1.29, 1.82) is 0 Å². The first-order valence-corrected chi connectivity index (χ1v) is 12.2. The highest BCUT2D eigenvalue weighted by Gasteiger charge is 2.51. The Morgan fingerprint density at radius 3 is 2.27 bits per heavy atom. The minimum Gasteiger partial charge on any atom is -0.458 e. The van der Waals surface area contributed by atoms with Crippen LogP contribution in [-0.4, -0.2) is 40.0 Å². The average Bonchev–Trinajstić information content (AvgIpc) is 3.16. The number of rotatable bonds is 6. The fraction of sp³-hybridized carbons (Fsp3) is 0.500. The van der Waals surface area contributed by atoms with Crippen LogP contribution in [0.1, 0.15) is 64.0 Å². The molecule has 176 valence electrons. The molecular formula is C28H36N2O3. The molecule has 2 saturated heterocycles. The number of nitrogens with zero attached hydrogens (tertiary/aromatic N) is 1. The van der Waals surface area contributed by atoms with Crippen LogP contribution >= 0.6 is 0 Å². The fourth-order valence-electron chi connectivity index (χ4n) is 5.27. The SMILES string of the molecule is CC(C)(C)OC(=O)[C@@H]1CC[C@H]2CCC[C@](Cc3ccccc3)(NCc3ccccc3)C(=O)N21. The second-order valence-corrected chi connectivity index (χ2v) is 10.5. The van der Waals surface area contributed by atoms with Gasteiger partial charge in [0.1, 0.15) is 17.2 Å². The second-order valence-electron chi connectivity index (χ2n) is 10.5. The van der Waals surface area contributed by atoms with Gasteiger partial charge in [-0.05, 0) is 70.4 Å². The van der Waals surface area contributed by atoms with Crippen molar-refractivity contribution in [1.82, 2.24) is 10.2 Å². The van der Waals surface area contributed by atoms with Crippen LogP contribution in [0.4, 0.5) is 0 Å². The van der Waals surface area contributed by atoms with Gasteiger partial charge in [0.25, 0.3) is 0 Å². The number of ether oxygens (including phenoxy) is 1. The molecule has 33 heavy (non-hydrogen) atoms. The Morgan fingerprint density at radius 1 is 1.00 bits per heavy atom. The van der Waals surface area contributed by atoms with Crippen LogP contribution in [0.2, 0.25) is 0 Å². The van der Waals surface area contributed by atoms with Gasteiger partial charge in [-0.2, -0.15) is 0 Å². The quantitative estimate of drug-likeness (QED) is 0.654. The molecule has 0 unspecified atom stereocenters. The normalized spacial score (nSPS) is 25.4. The lowest BCUT2D eigenvalue weighted by atomic mass is 9.84. The summed E-state index contributed by atoms with van der Waals surface area (Å²) < 4.78 is 5.72.